The van der Waals surface area contributed by atoms with Gasteiger partial charge in [-0.15, -0.1) is 0 Å². The Balaban J connectivity index is 1.56. The Bertz CT molecular complexity index is 545. The fourth-order valence-electron chi connectivity index (χ4n) is 2.96. The first-order chi connectivity index (χ1) is 12.9. The zero-order valence-corrected chi connectivity index (χ0v) is 15.3. The van der Waals surface area contributed by atoms with Crippen LogP contribution in [0.2, 0.25) is 0 Å². The van der Waals surface area contributed by atoms with Gasteiger partial charge in [0, 0.05) is 6.61 Å². The summed E-state index contributed by atoms with van der Waals surface area (Å²) >= 11 is 0. The van der Waals surface area contributed by atoms with Gasteiger partial charge in [-0.1, -0.05) is 30.3 Å². The van der Waals surface area contributed by atoms with Crippen LogP contribution >= 0.6 is 0 Å². The maximum absolute atomic E-state index is 5.99. The summed E-state index contributed by atoms with van der Waals surface area (Å²) in [7, 11) is 0. The highest BCUT2D eigenvalue weighted by molar-refractivity contribution is 5.39. The van der Waals surface area contributed by atoms with Crippen molar-refractivity contribution in [1.82, 2.24) is 0 Å². The largest absolute Gasteiger partial charge is 0.493 e. The van der Waals surface area contributed by atoms with Crippen molar-refractivity contribution in [2.75, 3.05) is 33.0 Å². The molecule has 0 bridgehead atoms. The molecule has 0 fully saturated rings. The summed E-state index contributed by atoms with van der Waals surface area (Å²) in [6, 6.07) is 16.1. The minimum absolute atomic E-state index is 0.528. The molecule has 0 atom stereocenters. The summed E-state index contributed by atoms with van der Waals surface area (Å²) in [5.74, 6) is 2.59. The number of ether oxygens (including phenoxy) is 4. The van der Waals surface area contributed by atoms with E-state index in [2.05, 4.69) is 18.2 Å². The number of aryl methyl sites for hydroxylation is 1. The lowest BCUT2D eigenvalue weighted by Gasteiger charge is -2.14. The monoisotopic (exact) mass is 356 g/mol. The van der Waals surface area contributed by atoms with E-state index < -0.39 is 0 Å². The summed E-state index contributed by atoms with van der Waals surface area (Å²) in [6.45, 7) is 3.25. The lowest BCUT2D eigenvalue weighted by molar-refractivity contribution is 0.0969. The molecular formula is C22H28O4. The van der Waals surface area contributed by atoms with E-state index in [1.165, 1.54) is 5.56 Å². The molecular weight excluding hydrogens is 328 g/mol. The van der Waals surface area contributed by atoms with E-state index in [4.69, 9.17) is 18.9 Å². The zero-order valence-electron chi connectivity index (χ0n) is 15.3. The highest BCUT2D eigenvalue weighted by Gasteiger charge is 2.06. The number of rotatable bonds is 0. The summed E-state index contributed by atoms with van der Waals surface area (Å²) in [5, 5.41) is 0. The van der Waals surface area contributed by atoms with Crippen LogP contribution in [0, 0.1) is 0 Å². The van der Waals surface area contributed by atoms with E-state index in [1.807, 2.05) is 30.3 Å². The quantitative estimate of drug-likeness (QED) is 0.688. The fourth-order valence-corrected chi connectivity index (χ4v) is 2.96. The van der Waals surface area contributed by atoms with Gasteiger partial charge in [0.15, 0.2) is 11.5 Å². The van der Waals surface area contributed by atoms with Gasteiger partial charge in [0.2, 0.25) is 0 Å². The van der Waals surface area contributed by atoms with Crippen molar-refractivity contribution in [3.8, 4) is 17.2 Å². The molecule has 3 rings (SSSR count). The number of para-hydroxylation sites is 3. The van der Waals surface area contributed by atoms with Crippen molar-refractivity contribution in [2.45, 2.75) is 32.1 Å². The lowest BCUT2D eigenvalue weighted by Crippen LogP contribution is -2.10. The average molecular weight is 356 g/mol. The molecule has 0 radical (unpaired) electrons. The van der Waals surface area contributed by atoms with Crippen LogP contribution in [0.1, 0.15) is 31.2 Å². The summed E-state index contributed by atoms with van der Waals surface area (Å²) in [5.41, 5.74) is 1.26. The first-order valence-electron chi connectivity index (χ1n) is 9.56. The second-order valence-corrected chi connectivity index (χ2v) is 6.38. The maximum atomic E-state index is 5.99. The van der Waals surface area contributed by atoms with Gasteiger partial charge >= 0.3 is 0 Å². The number of hydrogen-bond donors (Lipinski definition) is 0. The van der Waals surface area contributed by atoms with Gasteiger partial charge in [0.25, 0.3) is 0 Å². The molecule has 4 nitrogen and oxygen atoms in total. The zero-order chi connectivity index (χ0) is 17.9. The van der Waals surface area contributed by atoms with Crippen molar-refractivity contribution >= 4 is 0 Å². The number of benzene rings is 2. The highest BCUT2D eigenvalue weighted by atomic mass is 16.5. The van der Waals surface area contributed by atoms with Crippen LogP contribution in [0.25, 0.3) is 0 Å². The summed E-state index contributed by atoms with van der Waals surface area (Å²) in [6.07, 6.45) is 5.05. The molecule has 0 aliphatic carbocycles. The van der Waals surface area contributed by atoms with Gasteiger partial charge in [-0.2, -0.15) is 0 Å². The molecule has 1 aliphatic rings. The smallest absolute Gasteiger partial charge is 0.161 e. The molecule has 0 N–H and O–H groups in total. The maximum Gasteiger partial charge on any atom is 0.161 e. The van der Waals surface area contributed by atoms with Gasteiger partial charge in [-0.05, 0) is 55.9 Å². The molecule has 140 valence electrons. The van der Waals surface area contributed by atoms with E-state index in [0.717, 1.165) is 62.6 Å². The summed E-state index contributed by atoms with van der Waals surface area (Å²) < 4.78 is 23.4. The minimum Gasteiger partial charge on any atom is -0.493 e. The molecule has 1 aliphatic heterocycles. The van der Waals surface area contributed by atoms with Crippen molar-refractivity contribution in [1.29, 1.82) is 0 Å². The third kappa shape index (κ3) is 5.95. The standard InChI is InChI=1S/C22H28O4/c1-6-15-24-20-11-3-2-9-19(20)10-8-14-23-17-18-26-22-13-5-4-12-21(22)25-16-7-1/h2-5,9,11-13H,1,6-8,10,14-18H2. The summed E-state index contributed by atoms with van der Waals surface area (Å²) in [4.78, 5) is 0. The molecule has 2 aromatic rings. The van der Waals surface area contributed by atoms with Crippen LogP contribution in [0.3, 0.4) is 0 Å². The van der Waals surface area contributed by atoms with E-state index >= 15 is 0 Å². The molecule has 0 amide bonds. The third-order valence-electron chi connectivity index (χ3n) is 4.35. The second kappa shape index (κ2) is 10.7. The topological polar surface area (TPSA) is 36.9 Å². The molecule has 4 heteroatoms. The van der Waals surface area contributed by atoms with E-state index in [1.54, 1.807) is 0 Å². The fraction of sp³-hybridized carbons (Fsp3) is 0.455. The van der Waals surface area contributed by atoms with Gasteiger partial charge in [-0.3, -0.25) is 0 Å². The second-order valence-electron chi connectivity index (χ2n) is 6.38. The van der Waals surface area contributed by atoms with Gasteiger partial charge in [0.05, 0.1) is 19.8 Å². The number of hydrogen-bond acceptors (Lipinski definition) is 4. The average Bonchev–Trinajstić information content (AvgIpc) is 2.68. The van der Waals surface area contributed by atoms with E-state index in [-0.39, 0.29) is 0 Å². The Morgan fingerprint density at radius 1 is 0.500 bits per heavy atom. The van der Waals surface area contributed by atoms with Crippen LogP contribution in [0.5, 0.6) is 17.2 Å². The molecule has 0 spiro atoms. The SMILES string of the molecule is c1ccc2c(c1)CCCOCCOc1ccccc1OCCCCCO2. The molecule has 0 saturated carbocycles. The highest BCUT2D eigenvalue weighted by Crippen LogP contribution is 2.26. The van der Waals surface area contributed by atoms with Gasteiger partial charge < -0.3 is 18.9 Å². The Hall–Kier alpha value is -2.20. The van der Waals surface area contributed by atoms with Crippen molar-refractivity contribution in [2.24, 2.45) is 0 Å². The number of fused-ring (bicyclic) bond motifs is 2. The van der Waals surface area contributed by atoms with Crippen LogP contribution < -0.4 is 14.2 Å². The first kappa shape index (κ1) is 18.6. The van der Waals surface area contributed by atoms with E-state index in [0.29, 0.717) is 19.8 Å². The predicted molar refractivity (Wildman–Crippen MR) is 102 cm³/mol. The van der Waals surface area contributed by atoms with E-state index in [9.17, 15) is 0 Å². The van der Waals surface area contributed by atoms with Crippen LogP contribution in [-0.2, 0) is 11.2 Å². The Morgan fingerprint density at radius 2 is 1.12 bits per heavy atom. The molecule has 0 unspecified atom stereocenters. The first-order valence-corrected chi connectivity index (χ1v) is 9.56. The van der Waals surface area contributed by atoms with Crippen molar-refractivity contribution in [3.05, 3.63) is 54.1 Å². The Labute approximate surface area is 156 Å². The van der Waals surface area contributed by atoms with Crippen molar-refractivity contribution < 1.29 is 18.9 Å². The molecule has 2 aromatic carbocycles. The minimum atomic E-state index is 0.528. The molecule has 26 heavy (non-hydrogen) atoms. The Morgan fingerprint density at radius 3 is 1.88 bits per heavy atom. The molecule has 0 saturated heterocycles. The van der Waals surface area contributed by atoms with Gasteiger partial charge in [0.1, 0.15) is 12.4 Å². The van der Waals surface area contributed by atoms with Crippen LogP contribution in [0.15, 0.2) is 48.5 Å². The van der Waals surface area contributed by atoms with Gasteiger partial charge in [-0.25, -0.2) is 0 Å². The van der Waals surface area contributed by atoms with Crippen LogP contribution in [0.4, 0.5) is 0 Å². The molecule has 1 heterocycles. The van der Waals surface area contributed by atoms with Crippen LogP contribution in [-0.4, -0.2) is 33.0 Å². The normalized spacial score (nSPS) is 17.2. The lowest BCUT2D eigenvalue weighted by atomic mass is 10.1. The third-order valence-corrected chi connectivity index (χ3v) is 4.35. The molecule has 0 aromatic heterocycles. The van der Waals surface area contributed by atoms with Crippen molar-refractivity contribution in [3.63, 3.8) is 0 Å². The predicted octanol–water partition coefficient (Wildman–Crippen LogP) is 4.66. The Kier molecular flexibility index (Phi) is 7.66.